The summed E-state index contributed by atoms with van der Waals surface area (Å²) >= 11 is 7.02. The van der Waals surface area contributed by atoms with Gasteiger partial charge in [0, 0.05) is 16.9 Å². The first-order valence-electron chi connectivity index (χ1n) is 12.8. The summed E-state index contributed by atoms with van der Waals surface area (Å²) in [6.45, 7) is 6.19. The lowest BCUT2D eigenvalue weighted by molar-refractivity contribution is -0.141. The molecule has 1 atom stereocenters. The molecule has 42 heavy (non-hydrogen) atoms. The number of pyridine rings is 1. The zero-order valence-electron chi connectivity index (χ0n) is 22.9. The molecule has 12 heteroatoms. The van der Waals surface area contributed by atoms with Crippen LogP contribution in [0.3, 0.4) is 0 Å². The number of halogens is 2. The van der Waals surface area contributed by atoms with Gasteiger partial charge in [-0.1, -0.05) is 35.5 Å². The number of nitrogens with zero attached hydrogens (tertiary/aromatic N) is 4. The van der Waals surface area contributed by atoms with E-state index in [1.165, 1.54) is 23.9 Å². The summed E-state index contributed by atoms with van der Waals surface area (Å²) in [5, 5.41) is 20.4. The number of aromatic nitrogens is 2. The first kappa shape index (κ1) is 29.4. The lowest BCUT2D eigenvalue weighted by Gasteiger charge is -2.17. The Labute approximate surface area is 251 Å². The minimum absolute atomic E-state index is 0.00203. The normalized spacial score (nSPS) is 15.7. The van der Waals surface area contributed by atoms with E-state index in [9.17, 15) is 14.9 Å². The number of benzene rings is 2. The smallest absolute Gasteiger partial charge is 0.226 e. The fraction of sp³-hybridized carbons (Fsp3) is 0.267. The molecule has 2 aromatic carbocycles. The monoisotopic (exact) mass is 605 g/mol. The maximum absolute atomic E-state index is 14.0. The second kappa shape index (κ2) is 12.0. The summed E-state index contributed by atoms with van der Waals surface area (Å²) < 4.78 is 36.9. The van der Waals surface area contributed by atoms with Crippen LogP contribution in [0.15, 0.2) is 51.9 Å². The molecule has 0 spiro atoms. The zero-order chi connectivity index (χ0) is 30.0. The molecule has 4 aromatic rings. The van der Waals surface area contributed by atoms with Gasteiger partial charge in [0.05, 0.1) is 22.9 Å². The van der Waals surface area contributed by atoms with E-state index >= 15 is 0 Å². The van der Waals surface area contributed by atoms with Crippen molar-refractivity contribution in [3.63, 3.8) is 0 Å². The van der Waals surface area contributed by atoms with Crippen LogP contribution in [0.1, 0.15) is 36.4 Å². The summed E-state index contributed by atoms with van der Waals surface area (Å²) in [7, 11) is 0. The average Bonchev–Trinajstić information content (AvgIpc) is 3.52. The van der Waals surface area contributed by atoms with Crippen LogP contribution in [0.4, 0.5) is 10.2 Å². The van der Waals surface area contributed by atoms with Crippen LogP contribution in [0.25, 0.3) is 22.6 Å². The third kappa shape index (κ3) is 6.20. The van der Waals surface area contributed by atoms with Crippen LogP contribution >= 0.6 is 23.4 Å². The van der Waals surface area contributed by atoms with E-state index in [1.807, 2.05) is 13.8 Å². The molecule has 214 valence electrons. The Morgan fingerprint density at radius 3 is 2.48 bits per heavy atom. The molecule has 1 aliphatic heterocycles. The van der Waals surface area contributed by atoms with Crippen molar-refractivity contribution in [2.75, 3.05) is 18.9 Å². The molecule has 2 N–H and O–H groups in total. The summed E-state index contributed by atoms with van der Waals surface area (Å²) in [4.78, 5) is 8.86. The number of thioether (sulfide) groups is 1. The maximum atomic E-state index is 14.0. The number of hydrogen-bond donors (Lipinski definition) is 1. The highest BCUT2D eigenvalue weighted by Gasteiger charge is 2.33. The van der Waals surface area contributed by atoms with Gasteiger partial charge in [-0.15, -0.1) is 0 Å². The van der Waals surface area contributed by atoms with Crippen molar-refractivity contribution in [3.05, 3.63) is 75.9 Å². The van der Waals surface area contributed by atoms with Gasteiger partial charge in [-0.2, -0.15) is 10.5 Å². The van der Waals surface area contributed by atoms with Crippen LogP contribution < -0.4 is 10.5 Å². The number of rotatable bonds is 8. The second-order valence-electron chi connectivity index (χ2n) is 9.88. The van der Waals surface area contributed by atoms with Crippen LogP contribution in [-0.2, 0) is 15.2 Å². The van der Waals surface area contributed by atoms with Crippen LogP contribution in [0.2, 0.25) is 5.02 Å². The molecule has 1 aliphatic rings. The van der Waals surface area contributed by atoms with Crippen molar-refractivity contribution in [2.45, 2.75) is 43.4 Å². The highest BCUT2D eigenvalue weighted by Crippen LogP contribution is 2.38. The van der Waals surface area contributed by atoms with E-state index in [1.54, 1.807) is 37.3 Å². The number of nitrogen functional groups attached to an aromatic ring is 1. The number of aryl methyl sites for hydroxylation is 1. The largest absolute Gasteiger partial charge is 0.491 e. The third-order valence-corrected chi connectivity index (χ3v) is 7.76. The van der Waals surface area contributed by atoms with Crippen molar-refractivity contribution >= 4 is 29.2 Å². The number of oxazole rings is 1. The number of hydrogen-bond acceptors (Lipinski definition) is 10. The molecule has 0 bridgehead atoms. The van der Waals surface area contributed by atoms with Crippen molar-refractivity contribution < 1.29 is 23.0 Å². The van der Waals surface area contributed by atoms with Crippen LogP contribution in [-0.4, -0.2) is 35.1 Å². The van der Waals surface area contributed by atoms with Gasteiger partial charge < -0.3 is 24.4 Å². The number of anilines is 1. The van der Waals surface area contributed by atoms with Crippen molar-refractivity contribution in [1.82, 2.24) is 9.97 Å². The molecule has 0 unspecified atom stereocenters. The first-order chi connectivity index (χ1) is 20.1. The average molecular weight is 606 g/mol. The predicted octanol–water partition coefficient (Wildman–Crippen LogP) is 6.65. The van der Waals surface area contributed by atoms with E-state index in [2.05, 4.69) is 22.1 Å². The van der Waals surface area contributed by atoms with Gasteiger partial charge in [-0.25, -0.2) is 14.4 Å². The highest BCUT2D eigenvalue weighted by molar-refractivity contribution is 7.98. The maximum Gasteiger partial charge on any atom is 0.226 e. The minimum Gasteiger partial charge on any atom is -0.491 e. The third-order valence-electron chi connectivity index (χ3n) is 6.47. The van der Waals surface area contributed by atoms with Gasteiger partial charge in [0.15, 0.2) is 5.79 Å². The van der Waals surface area contributed by atoms with E-state index in [0.717, 1.165) is 0 Å². The van der Waals surface area contributed by atoms with Crippen molar-refractivity contribution in [1.29, 1.82) is 10.5 Å². The number of ether oxygens (including phenoxy) is 3. The topological polar surface area (TPSA) is 140 Å². The molecule has 5 rings (SSSR count). The van der Waals surface area contributed by atoms with Crippen molar-refractivity contribution in [3.8, 4) is 40.5 Å². The Bertz CT molecular complexity index is 1730. The van der Waals surface area contributed by atoms with E-state index in [4.69, 9.17) is 36.0 Å². The lowest BCUT2D eigenvalue weighted by Crippen LogP contribution is -2.25. The van der Waals surface area contributed by atoms with Gasteiger partial charge >= 0.3 is 0 Å². The summed E-state index contributed by atoms with van der Waals surface area (Å²) in [6.07, 6.45) is -0.188. The Balaban J connectivity index is 1.38. The molecule has 0 amide bonds. The summed E-state index contributed by atoms with van der Waals surface area (Å²) in [5.41, 5.74) is 8.51. The van der Waals surface area contributed by atoms with Crippen molar-refractivity contribution in [2.24, 2.45) is 0 Å². The van der Waals surface area contributed by atoms with Crippen LogP contribution in [0, 0.1) is 35.4 Å². The van der Waals surface area contributed by atoms with E-state index < -0.39 is 11.6 Å². The lowest BCUT2D eigenvalue weighted by atomic mass is 9.97. The fourth-order valence-electron chi connectivity index (χ4n) is 4.39. The van der Waals surface area contributed by atoms with E-state index in [0.29, 0.717) is 52.1 Å². The fourth-order valence-corrected chi connectivity index (χ4v) is 5.51. The molecule has 0 radical (unpaired) electrons. The molecule has 1 fully saturated rings. The van der Waals surface area contributed by atoms with Gasteiger partial charge in [0.2, 0.25) is 5.89 Å². The number of nitriles is 2. The summed E-state index contributed by atoms with van der Waals surface area (Å²) in [5.74, 6) is 0.441. The molecule has 2 aromatic heterocycles. The van der Waals surface area contributed by atoms with E-state index in [-0.39, 0.29) is 39.7 Å². The van der Waals surface area contributed by atoms with Gasteiger partial charge in [0.25, 0.3) is 0 Å². The Morgan fingerprint density at radius 1 is 1.12 bits per heavy atom. The summed E-state index contributed by atoms with van der Waals surface area (Å²) in [6, 6.07) is 15.6. The molecule has 9 nitrogen and oxygen atoms in total. The second-order valence-corrected chi connectivity index (χ2v) is 11.2. The molecule has 1 saturated heterocycles. The molecule has 0 aliphatic carbocycles. The first-order valence-corrected chi connectivity index (χ1v) is 14.2. The van der Waals surface area contributed by atoms with Gasteiger partial charge in [-0.05, 0) is 56.7 Å². The van der Waals surface area contributed by atoms with Gasteiger partial charge in [0.1, 0.15) is 58.6 Å². The molecular weight excluding hydrogens is 581 g/mol. The minimum atomic E-state index is -0.638. The SMILES string of the molecule is Cc1oc(-c2ccc(Cl)c(F)c2)nc1CSc1nc(N)c(C#N)c(-c2ccc(OC[C@H]3COC(C)(C)O3)cc2)c1C#N. The highest BCUT2D eigenvalue weighted by atomic mass is 35.5. The molecular formula is C30H25ClFN5O4S. The standard InChI is InChI=1S/C30H25ClFN5O4S/c1-16-25(36-28(40-16)18-6-9-23(31)24(32)10-18)15-42-29-22(12-34)26(21(11-33)27(35)37-29)17-4-7-19(8-5-17)38-13-20-14-39-30(2,3)41-20/h4-10,20H,13-15H2,1-3H3,(H2,35,37)/t20-/m0/s1. The predicted molar refractivity (Wildman–Crippen MR) is 155 cm³/mol. The van der Waals surface area contributed by atoms with Gasteiger partial charge in [-0.3, -0.25) is 0 Å². The zero-order valence-corrected chi connectivity index (χ0v) is 24.5. The Hall–Kier alpha value is -4.13. The Morgan fingerprint density at radius 2 is 1.83 bits per heavy atom. The van der Waals surface area contributed by atoms with Crippen LogP contribution in [0.5, 0.6) is 5.75 Å². The Kier molecular flexibility index (Phi) is 8.39. The number of nitrogens with two attached hydrogens (primary N) is 1. The molecule has 0 saturated carbocycles. The molecule has 3 heterocycles. The quantitative estimate of drug-likeness (QED) is 0.217.